The molecule has 6 rings (SSSR count). The molecule has 2 unspecified atom stereocenters. The van der Waals surface area contributed by atoms with Gasteiger partial charge < -0.3 is 20.3 Å². The molecule has 0 spiro atoms. The van der Waals surface area contributed by atoms with Gasteiger partial charge in [-0.2, -0.15) is 18.4 Å². The maximum Gasteiger partial charge on any atom is 0.419 e. The zero-order valence-corrected chi connectivity index (χ0v) is 33.6. The highest BCUT2D eigenvalue weighted by molar-refractivity contribution is 7.81. The number of nitriles is 1. The molecule has 2 aromatic carbocycles. The molecular formula is C41H47F3N8O5S. The molecule has 3 aliphatic rings. The van der Waals surface area contributed by atoms with Crippen molar-refractivity contribution >= 4 is 59.0 Å². The van der Waals surface area contributed by atoms with Gasteiger partial charge in [0, 0.05) is 29.5 Å². The standard InChI is InChI=1S/C41H47F3N8O5S/c1-5-26-18-29(52-39(58)51(38(56)40(52,3)4)30-20-31(41(42,43)44)33(21-45)46-22-30)9-11-34(26)57-16-14-25-13-15-50(24(2)17-25)23-36(54)48-28-8-6-7-27(19-28)47-32-10-12-35(53)49-37(32)55/h6-9,11,18-20,22,24-25,32,39,47,58H,5,10,12-17,23H2,1-4H3,(H,48,54)(H,49,53,55)/t24-,25-,32?,39?/m1/s1. The van der Waals surface area contributed by atoms with Crippen LogP contribution in [0.25, 0.3) is 0 Å². The molecule has 0 aliphatic carbocycles. The lowest BCUT2D eigenvalue weighted by molar-refractivity contribution is -0.138. The summed E-state index contributed by atoms with van der Waals surface area (Å²) in [5.74, 6) is -0.157. The molecule has 0 bridgehead atoms. The summed E-state index contributed by atoms with van der Waals surface area (Å²) in [4.78, 5) is 59.1. The van der Waals surface area contributed by atoms with Gasteiger partial charge in [0.25, 0.3) is 5.91 Å². The third-order valence-electron chi connectivity index (χ3n) is 11.1. The van der Waals surface area contributed by atoms with Gasteiger partial charge >= 0.3 is 6.18 Å². The van der Waals surface area contributed by atoms with E-state index in [1.807, 2.05) is 25.1 Å². The summed E-state index contributed by atoms with van der Waals surface area (Å²) in [7, 11) is 0. The lowest BCUT2D eigenvalue weighted by Crippen LogP contribution is -2.47. The molecule has 1 aromatic heterocycles. The molecule has 3 aromatic rings. The zero-order valence-electron chi connectivity index (χ0n) is 32.7. The molecule has 3 N–H and O–H groups in total. The Morgan fingerprint density at radius 2 is 1.86 bits per heavy atom. The third-order valence-corrected chi connectivity index (χ3v) is 11.5. The van der Waals surface area contributed by atoms with E-state index in [0.717, 1.165) is 48.5 Å². The molecule has 4 heterocycles. The van der Waals surface area contributed by atoms with Crippen LogP contribution in [0.2, 0.25) is 0 Å². The Morgan fingerprint density at radius 1 is 1.10 bits per heavy atom. The number of halogens is 3. The smallest absolute Gasteiger partial charge is 0.419 e. The van der Waals surface area contributed by atoms with Crippen molar-refractivity contribution in [1.29, 1.82) is 5.26 Å². The molecule has 17 heteroatoms. The number of hydrogen-bond acceptors (Lipinski definition) is 11. The topological polar surface area (TPSA) is 160 Å². The number of alkyl halides is 3. The summed E-state index contributed by atoms with van der Waals surface area (Å²) in [6, 6.07) is 14.6. The Bertz CT molecular complexity index is 2110. The van der Waals surface area contributed by atoms with Gasteiger partial charge in [0.1, 0.15) is 23.4 Å². The second-order valence-electron chi connectivity index (χ2n) is 15.4. The Labute approximate surface area is 340 Å². The van der Waals surface area contributed by atoms with Crippen molar-refractivity contribution in [1.82, 2.24) is 15.2 Å². The van der Waals surface area contributed by atoms with E-state index in [-0.39, 0.29) is 42.4 Å². The summed E-state index contributed by atoms with van der Waals surface area (Å²) >= 11 is 4.70. The molecule has 4 atom stereocenters. The van der Waals surface area contributed by atoms with Crippen LogP contribution in [0.1, 0.15) is 76.6 Å². The Morgan fingerprint density at radius 3 is 2.55 bits per heavy atom. The molecular weight excluding hydrogens is 774 g/mol. The number of pyridine rings is 1. The number of carbonyl (C=O) groups excluding carboxylic acids is 4. The van der Waals surface area contributed by atoms with Crippen molar-refractivity contribution in [3.63, 3.8) is 0 Å². The van der Waals surface area contributed by atoms with E-state index >= 15 is 0 Å². The van der Waals surface area contributed by atoms with Crippen LogP contribution in [0, 0.1) is 17.2 Å². The number of hydrogen-bond donors (Lipinski definition) is 4. The highest BCUT2D eigenvalue weighted by Gasteiger charge is 2.52. The van der Waals surface area contributed by atoms with Gasteiger partial charge in [0.05, 0.1) is 30.6 Å². The maximum absolute atomic E-state index is 13.7. The fraction of sp³-hybridized carbons (Fsp3) is 0.463. The molecule has 0 saturated carbocycles. The quantitative estimate of drug-likeness (QED) is 0.124. The first-order valence-electron chi connectivity index (χ1n) is 19.3. The first kappa shape index (κ1) is 42.3. The van der Waals surface area contributed by atoms with E-state index in [0.29, 0.717) is 48.2 Å². The lowest BCUT2D eigenvalue weighted by Gasteiger charge is -2.37. The number of thiol groups is 1. The van der Waals surface area contributed by atoms with Gasteiger partial charge in [-0.25, -0.2) is 4.98 Å². The normalized spacial score (nSPS) is 22.4. The minimum atomic E-state index is -4.84. The van der Waals surface area contributed by atoms with E-state index < -0.39 is 40.4 Å². The number of aryl methyl sites for hydroxylation is 1. The van der Waals surface area contributed by atoms with Crippen LogP contribution in [0.4, 0.5) is 35.9 Å². The summed E-state index contributed by atoms with van der Waals surface area (Å²) in [5.41, 5.74) is -1.45. The van der Waals surface area contributed by atoms with Crippen molar-refractivity contribution in [3.8, 4) is 11.8 Å². The van der Waals surface area contributed by atoms with E-state index in [2.05, 4.69) is 32.8 Å². The molecule has 3 aliphatic heterocycles. The second-order valence-corrected chi connectivity index (χ2v) is 15.9. The first-order chi connectivity index (χ1) is 27.5. The fourth-order valence-corrected chi connectivity index (χ4v) is 8.55. The number of benzene rings is 2. The highest BCUT2D eigenvalue weighted by atomic mass is 32.1. The Hall–Kier alpha value is -5.34. The Kier molecular flexibility index (Phi) is 12.6. The number of imide groups is 1. The summed E-state index contributed by atoms with van der Waals surface area (Å²) in [6.07, 6.45) is 0.165. The van der Waals surface area contributed by atoms with Crippen LogP contribution in [-0.2, 0) is 31.8 Å². The third kappa shape index (κ3) is 9.18. The number of likely N-dealkylation sites (tertiary alicyclic amines) is 1. The van der Waals surface area contributed by atoms with Crippen molar-refractivity contribution in [2.24, 2.45) is 5.92 Å². The van der Waals surface area contributed by atoms with E-state index in [4.69, 9.17) is 17.4 Å². The van der Waals surface area contributed by atoms with Gasteiger partial charge in [0.2, 0.25) is 17.7 Å². The van der Waals surface area contributed by atoms with Crippen LogP contribution in [0.15, 0.2) is 54.7 Å². The number of aromatic nitrogens is 1. The fourth-order valence-electron chi connectivity index (χ4n) is 7.89. The first-order valence-corrected chi connectivity index (χ1v) is 19.8. The van der Waals surface area contributed by atoms with Crippen LogP contribution in [-0.4, -0.2) is 76.3 Å². The number of amides is 4. The molecule has 58 heavy (non-hydrogen) atoms. The number of nitrogens with zero attached hydrogens (tertiary/aromatic N) is 5. The average molecular weight is 821 g/mol. The zero-order chi connectivity index (χ0) is 41.9. The van der Waals surface area contributed by atoms with Gasteiger partial charge in [-0.15, -0.1) is 12.6 Å². The number of nitrogens with one attached hydrogen (secondary N) is 3. The van der Waals surface area contributed by atoms with Gasteiger partial charge in [0.15, 0.2) is 11.2 Å². The molecule has 308 valence electrons. The molecule has 4 amide bonds. The average Bonchev–Trinajstić information content (AvgIpc) is 3.35. The van der Waals surface area contributed by atoms with Gasteiger partial charge in [-0.1, -0.05) is 13.0 Å². The van der Waals surface area contributed by atoms with Crippen LogP contribution in [0.5, 0.6) is 5.75 Å². The highest BCUT2D eigenvalue weighted by Crippen LogP contribution is 2.43. The van der Waals surface area contributed by atoms with Crippen molar-refractivity contribution in [2.45, 2.75) is 95.5 Å². The predicted molar refractivity (Wildman–Crippen MR) is 215 cm³/mol. The van der Waals surface area contributed by atoms with E-state index in [1.165, 1.54) is 6.07 Å². The number of carbonyl (C=O) groups is 4. The monoisotopic (exact) mass is 820 g/mol. The number of rotatable bonds is 12. The second kappa shape index (κ2) is 17.3. The van der Waals surface area contributed by atoms with Crippen molar-refractivity contribution in [3.05, 3.63) is 71.5 Å². The van der Waals surface area contributed by atoms with Crippen LogP contribution in [0.3, 0.4) is 0 Å². The number of ether oxygens (including phenoxy) is 1. The minimum absolute atomic E-state index is 0.116. The molecule has 0 radical (unpaired) electrons. The van der Waals surface area contributed by atoms with Crippen LogP contribution < -0.4 is 30.5 Å². The predicted octanol–water partition coefficient (Wildman–Crippen LogP) is 6.10. The molecule has 3 fully saturated rings. The summed E-state index contributed by atoms with van der Waals surface area (Å²) in [5, 5.41) is 17.6. The summed E-state index contributed by atoms with van der Waals surface area (Å²) < 4.78 is 47.5. The summed E-state index contributed by atoms with van der Waals surface area (Å²) in [6.45, 7) is 8.95. The largest absolute Gasteiger partial charge is 0.493 e. The molecule has 3 saturated heterocycles. The number of piperidine rings is 2. The SMILES string of the molecule is CCc1cc(N2C(S)N(c3cnc(C#N)c(C(F)(F)F)c3)C(=O)C2(C)C)ccc1OCC[C@H]1CCN(CC(=O)Nc2cccc(NC3CCC(=O)NC3=O)c2)[C@H](C)C1. The number of anilines is 4. The lowest BCUT2D eigenvalue weighted by atomic mass is 9.89. The van der Waals surface area contributed by atoms with Gasteiger partial charge in [-0.05, 0) is 113 Å². The van der Waals surface area contributed by atoms with E-state index in [9.17, 15) is 37.6 Å². The van der Waals surface area contributed by atoms with Gasteiger partial charge in [-0.3, -0.25) is 34.3 Å². The van der Waals surface area contributed by atoms with Crippen LogP contribution >= 0.6 is 12.6 Å². The maximum atomic E-state index is 13.7. The van der Waals surface area contributed by atoms with E-state index in [1.54, 1.807) is 43.0 Å². The molecule has 13 nitrogen and oxygen atoms in total. The Balaban J connectivity index is 1.01. The minimum Gasteiger partial charge on any atom is -0.493 e. The van der Waals surface area contributed by atoms with Crippen molar-refractivity contribution < 1.29 is 37.1 Å². The van der Waals surface area contributed by atoms with Crippen molar-refractivity contribution in [2.75, 3.05) is 40.1 Å².